The lowest BCUT2D eigenvalue weighted by molar-refractivity contribution is 0.0561. The fourth-order valence-corrected chi connectivity index (χ4v) is 0.514. The van der Waals surface area contributed by atoms with Gasteiger partial charge >= 0.3 is 6.03 Å². The largest absolute Gasteiger partial charge is 0.361 e. The van der Waals surface area contributed by atoms with E-state index in [-0.39, 0.29) is 0 Å². The van der Waals surface area contributed by atoms with E-state index >= 15 is 0 Å². The quantitative estimate of drug-likeness (QED) is 0.597. The molecule has 0 saturated heterocycles. The van der Waals surface area contributed by atoms with Gasteiger partial charge < -0.3 is 5.32 Å². The minimum absolute atomic E-state index is 0.817. The van der Waals surface area contributed by atoms with Crippen molar-refractivity contribution < 1.29 is 13.6 Å². The van der Waals surface area contributed by atoms with Gasteiger partial charge in [-0.2, -0.15) is 0 Å². The number of alkyl halides is 2. The Morgan fingerprint density at radius 3 is 2.50 bits per heavy atom. The van der Waals surface area contributed by atoms with Crippen molar-refractivity contribution in [3.63, 3.8) is 0 Å². The number of nitrogens with one attached hydrogen (secondary N) is 1. The van der Waals surface area contributed by atoms with Gasteiger partial charge in [-0.1, -0.05) is 5.11 Å². The van der Waals surface area contributed by atoms with E-state index in [2.05, 4.69) is 10.2 Å². The molecular formula is C4H5F2N3O. The van der Waals surface area contributed by atoms with E-state index in [9.17, 15) is 13.6 Å². The SMILES string of the molecule is CC1(C(F)F)N=NC(=O)N1. The molecule has 6 heteroatoms. The van der Waals surface area contributed by atoms with Crippen molar-refractivity contribution in [3.05, 3.63) is 0 Å². The van der Waals surface area contributed by atoms with Crippen LogP contribution in [0, 0.1) is 0 Å². The van der Waals surface area contributed by atoms with Crippen LogP contribution in [0.2, 0.25) is 0 Å². The van der Waals surface area contributed by atoms with E-state index in [0.29, 0.717) is 0 Å². The first-order chi connectivity index (χ1) is 4.54. The van der Waals surface area contributed by atoms with Crippen LogP contribution in [0.3, 0.4) is 0 Å². The summed E-state index contributed by atoms with van der Waals surface area (Å²) in [5.74, 6) is 0. The first kappa shape index (κ1) is 7.04. The van der Waals surface area contributed by atoms with Gasteiger partial charge in [0.15, 0.2) is 0 Å². The number of rotatable bonds is 1. The molecule has 0 radical (unpaired) electrons. The maximum absolute atomic E-state index is 11.9. The monoisotopic (exact) mass is 149 g/mol. The molecule has 4 nitrogen and oxygen atoms in total. The Hall–Kier alpha value is -1.07. The lowest BCUT2D eigenvalue weighted by Crippen LogP contribution is -2.44. The topological polar surface area (TPSA) is 53.8 Å². The number of azo groups is 1. The molecule has 2 amide bonds. The molecule has 0 saturated carbocycles. The highest BCUT2D eigenvalue weighted by Crippen LogP contribution is 2.21. The van der Waals surface area contributed by atoms with Gasteiger partial charge in [-0.3, -0.25) is 0 Å². The molecule has 56 valence electrons. The molecule has 1 atom stereocenters. The molecule has 1 rings (SSSR count). The number of nitrogens with zero attached hydrogens (tertiary/aromatic N) is 2. The van der Waals surface area contributed by atoms with Gasteiger partial charge in [-0.15, -0.1) is 5.11 Å². The lowest BCUT2D eigenvalue weighted by Gasteiger charge is -2.16. The summed E-state index contributed by atoms with van der Waals surface area (Å²) >= 11 is 0. The van der Waals surface area contributed by atoms with Crippen LogP contribution in [0.5, 0.6) is 0 Å². The van der Waals surface area contributed by atoms with Crippen molar-refractivity contribution in [2.75, 3.05) is 0 Å². The van der Waals surface area contributed by atoms with E-state index in [1.807, 2.05) is 5.32 Å². The third kappa shape index (κ3) is 0.960. The standard InChI is InChI=1S/C4H5F2N3O/c1-4(2(5)6)7-3(10)8-9-4/h2H,1H3,(H,7,10). The highest BCUT2D eigenvalue weighted by Gasteiger charge is 2.40. The number of carbonyl (C=O) groups excluding carboxylic acids is 1. The van der Waals surface area contributed by atoms with Crippen molar-refractivity contribution >= 4 is 6.03 Å². The van der Waals surface area contributed by atoms with Gasteiger partial charge in [0.05, 0.1) is 0 Å². The summed E-state index contributed by atoms with van der Waals surface area (Å²) in [7, 11) is 0. The zero-order chi connectivity index (χ0) is 7.78. The van der Waals surface area contributed by atoms with Crippen LogP contribution in [0.25, 0.3) is 0 Å². The molecule has 0 fully saturated rings. The maximum atomic E-state index is 11.9. The zero-order valence-electron chi connectivity index (χ0n) is 5.14. The normalized spacial score (nSPS) is 31.4. The summed E-state index contributed by atoms with van der Waals surface area (Å²) in [6.07, 6.45) is -2.72. The summed E-state index contributed by atoms with van der Waals surface area (Å²) in [6.45, 7) is 1.10. The van der Waals surface area contributed by atoms with E-state index in [0.717, 1.165) is 6.92 Å². The zero-order valence-corrected chi connectivity index (χ0v) is 5.14. The Kier molecular flexibility index (Phi) is 1.38. The molecule has 10 heavy (non-hydrogen) atoms. The molecule has 1 N–H and O–H groups in total. The minimum atomic E-state index is -2.72. The Morgan fingerprint density at radius 2 is 2.30 bits per heavy atom. The minimum Gasteiger partial charge on any atom is -0.304 e. The average molecular weight is 149 g/mol. The molecule has 0 aliphatic carbocycles. The van der Waals surface area contributed by atoms with Crippen LogP contribution in [-0.2, 0) is 0 Å². The molecule has 1 aliphatic rings. The summed E-state index contributed by atoms with van der Waals surface area (Å²) in [5, 5.41) is 7.88. The van der Waals surface area contributed by atoms with Crippen molar-refractivity contribution in [3.8, 4) is 0 Å². The molecule has 0 spiro atoms. The van der Waals surface area contributed by atoms with Gasteiger partial charge in [0.25, 0.3) is 6.43 Å². The van der Waals surface area contributed by atoms with Crippen LogP contribution in [0.1, 0.15) is 6.92 Å². The number of carbonyl (C=O) groups is 1. The Labute approximate surface area is 55.3 Å². The molecular weight excluding hydrogens is 144 g/mol. The number of hydrogen-bond acceptors (Lipinski definition) is 2. The molecule has 0 aromatic carbocycles. The van der Waals surface area contributed by atoms with E-state index in [1.165, 1.54) is 0 Å². The summed E-state index contributed by atoms with van der Waals surface area (Å²) in [5.41, 5.74) is -1.81. The average Bonchev–Trinajstić information content (AvgIpc) is 2.13. The number of amides is 2. The number of hydrogen-bond donors (Lipinski definition) is 1. The van der Waals surface area contributed by atoms with Gasteiger partial charge in [0.2, 0.25) is 5.66 Å². The maximum Gasteiger partial charge on any atom is 0.361 e. The van der Waals surface area contributed by atoms with Gasteiger partial charge in [0, 0.05) is 0 Å². The third-order valence-electron chi connectivity index (χ3n) is 1.13. The van der Waals surface area contributed by atoms with E-state index < -0.39 is 18.1 Å². The van der Waals surface area contributed by atoms with Crippen LogP contribution < -0.4 is 5.32 Å². The summed E-state index contributed by atoms with van der Waals surface area (Å²) < 4.78 is 23.9. The van der Waals surface area contributed by atoms with Gasteiger partial charge in [-0.25, -0.2) is 13.6 Å². The van der Waals surface area contributed by atoms with Crippen LogP contribution >= 0.6 is 0 Å². The van der Waals surface area contributed by atoms with E-state index in [1.54, 1.807) is 0 Å². The molecule has 1 unspecified atom stereocenters. The number of halogens is 2. The summed E-state index contributed by atoms with van der Waals surface area (Å²) in [4.78, 5) is 10.3. The Bertz CT molecular complexity index is 193. The molecule has 0 aromatic rings. The highest BCUT2D eigenvalue weighted by molar-refractivity contribution is 5.76. The highest BCUT2D eigenvalue weighted by atomic mass is 19.3. The first-order valence-corrected chi connectivity index (χ1v) is 2.58. The fourth-order valence-electron chi connectivity index (χ4n) is 0.514. The summed E-state index contributed by atoms with van der Waals surface area (Å²) in [6, 6.07) is -0.817. The molecule has 0 bridgehead atoms. The predicted octanol–water partition coefficient (Wildman–Crippen LogP) is 1.14. The smallest absolute Gasteiger partial charge is 0.304 e. The molecule has 1 aliphatic heterocycles. The first-order valence-electron chi connectivity index (χ1n) is 2.58. The lowest BCUT2D eigenvalue weighted by atomic mass is 10.2. The van der Waals surface area contributed by atoms with E-state index in [4.69, 9.17) is 0 Å². The Balaban J connectivity index is 2.74. The van der Waals surface area contributed by atoms with Crippen molar-refractivity contribution in [2.24, 2.45) is 10.2 Å². The van der Waals surface area contributed by atoms with Crippen molar-refractivity contribution in [1.82, 2.24) is 5.32 Å². The predicted molar refractivity (Wildman–Crippen MR) is 27.8 cm³/mol. The van der Waals surface area contributed by atoms with Crippen LogP contribution in [0.15, 0.2) is 10.2 Å². The van der Waals surface area contributed by atoms with Gasteiger partial charge in [0.1, 0.15) is 0 Å². The van der Waals surface area contributed by atoms with Crippen LogP contribution in [-0.4, -0.2) is 18.1 Å². The van der Waals surface area contributed by atoms with Crippen molar-refractivity contribution in [1.29, 1.82) is 0 Å². The van der Waals surface area contributed by atoms with Crippen LogP contribution in [0.4, 0.5) is 13.6 Å². The number of urea groups is 1. The van der Waals surface area contributed by atoms with Crippen molar-refractivity contribution in [2.45, 2.75) is 19.0 Å². The third-order valence-corrected chi connectivity index (χ3v) is 1.13. The second-order valence-corrected chi connectivity index (χ2v) is 2.08. The fraction of sp³-hybridized carbons (Fsp3) is 0.750. The second-order valence-electron chi connectivity index (χ2n) is 2.08. The Morgan fingerprint density at radius 1 is 1.70 bits per heavy atom. The molecule has 1 heterocycles. The molecule has 0 aromatic heterocycles. The second kappa shape index (κ2) is 1.96. The van der Waals surface area contributed by atoms with Gasteiger partial charge in [-0.05, 0) is 6.92 Å².